The molecule has 1 aromatic carbocycles. The van der Waals surface area contributed by atoms with Crippen LogP contribution in [0.15, 0.2) is 36.5 Å². The summed E-state index contributed by atoms with van der Waals surface area (Å²) in [6, 6.07) is 8.84. The third kappa shape index (κ3) is 4.08. The topological polar surface area (TPSA) is 84.2 Å². The highest BCUT2D eigenvalue weighted by molar-refractivity contribution is 5.97. The van der Waals surface area contributed by atoms with Crippen LogP contribution in [0, 0.1) is 5.82 Å². The van der Waals surface area contributed by atoms with E-state index in [1.807, 2.05) is 23.1 Å². The molecule has 2 aromatic heterocycles. The number of aromatic amines is 1. The van der Waals surface area contributed by atoms with Crippen LogP contribution < -0.4 is 5.73 Å². The largest absolute Gasteiger partial charge is 0.384 e. The fourth-order valence-electron chi connectivity index (χ4n) is 4.21. The van der Waals surface area contributed by atoms with Crippen molar-refractivity contribution < 1.29 is 13.9 Å². The molecule has 0 saturated carbocycles. The first-order valence-corrected chi connectivity index (χ1v) is 10.3. The maximum atomic E-state index is 14.3. The Morgan fingerprint density at radius 3 is 2.83 bits per heavy atom. The quantitative estimate of drug-likeness (QED) is 0.653. The zero-order valence-corrected chi connectivity index (χ0v) is 17.2. The van der Waals surface area contributed by atoms with Gasteiger partial charge in [-0.2, -0.15) is 0 Å². The molecule has 3 aromatic rings. The maximum absolute atomic E-state index is 14.3. The lowest BCUT2D eigenvalue weighted by molar-refractivity contribution is 0.0707. The van der Waals surface area contributed by atoms with E-state index in [0.717, 1.165) is 41.4 Å². The lowest BCUT2D eigenvalue weighted by Gasteiger charge is -2.32. The fraction of sp³-hybridized carbons (Fsp3) is 0.391. The van der Waals surface area contributed by atoms with Gasteiger partial charge in [0.15, 0.2) is 0 Å². The Morgan fingerprint density at radius 2 is 2.10 bits per heavy atom. The van der Waals surface area contributed by atoms with Crippen LogP contribution in [0.4, 0.5) is 4.39 Å². The van der Waals surface area contributed by atoms with Crippen molar-refractivity contribution in [3.63, 3.8) is 0 Å². The van der Waals surface area contributed by atoms with Crippen LogP contribution in [0.5, 0.6) is 0 Å². The second-order valence-corrected chi connectivity index (χ2v) is 7.78. The van der Waals surface area contributed by atoms with Gasteiger partial charge in [-0.3, -0.25) is 9.78 Å². The van der Waals surface area contributed by atoms with Gasteiger partial charge in [-0.15, -0.1) is 0 Å². The molecule has 7 heteroatoms. The molecule has 3 heterocycles. The van der Waals surface area contributed by atoms with Gasteiger partial charge in [0.05, 0.1) is 17.6 Å². The van der Waals surface area contributed by atoms with Crippen molar-refractivity contribution >= 4 is 16.9 Å². The Labute approximate surface area is 175 Å². The van der Waals surface area contributed by atoms with E-state index in [-0.39, 0.29) is 17.6 Å². The number of hydrogen-bond acceptors (Lipinski definition) is 4. The van der Waals surface area contributed by atoms with Crippen LogP contribution in [0.2, 0.25) is 0 Å². The van der Waals surface area contributed by atoms with Crippen molar-refractivity contribution in [1.29, 1.82) is 0 Å². The van der Waals surface area contributed by atoms with Crippen molar-refractivity contribution in [2.45, 2.75) is 31.7 Å². The number of carbonyl (C=O) groups excluding carboxylic acids is 1. The maximum Gasteiger partial charge on any atom is 0.270 e. The number of likely N-dealkylation sites (tertiary alicyclic amines) is 1. The van der Waals surface area contributed by atoms with Gasteiger partial charge in [0.25, 0.3) is 5.91 Å². The van der Waals surface area contributed by atoms with E-state index in [1.165, 1.54) is 6.07 Å². The fourth-order valence-corrected chi connectivity index (χ4v) is 4.21. The summed E-state index contributed by atoms with van der Waals surface area (Å²) < 4.78 is 19.5. The van der Waals surface area contributed by atoms with E-state index in [4.69, 9.17) is 10.5 Å². The SMILES string of the molecule is COCCc1ccnc2cc(C(=O)N3CCC(c4cc(CN)ccc4F)CC3)[nH]c12. The summed E-state index contributed by atoms with van der Waals surface area (Å²) in [5.41, 5.74) is 10.6. The number of nitrogens with two attached hydrogens (primary N) is 1. The van der Waals surface area contributed by atoms with Crippen LogP contribution in [0.3, 0.4) is 0 Å². The van der Waals surface area contributed by atoms with Crippen molar-refractivity contribution in [1.82, 2.24) is 14.9 Å². The van der Waals surface area contributed by atoms with Crippen LogP contribution in [0.1, 0.15) is 45.9 Å². The summed E-state index contributed by atoms with van der Waals surface area (Å²) in [5, 5.41) is 0. The monoisotopic (exact) mass is 410 g/mol. The number of piperidine rings is 1. The third-order valence-corrected chi connectivity index (χ3v) is 5.93. The van der Waals surface area contributed by atoms with Gasteiger partial charge >= 0.3 is 0 Å². The molecule has 0 radical (unpaired) electrons. The van der Waals surface area contributed by atoms with Crippen molar-refractivity contribution in [2.24, 2.45) is 5.73 Å². The number of rotatable bonds is 6. The van der Waals surface area contributed by atoms with E-state index < -0.39 is 0 Å². The van der Waals surface area contributed by atoms with Crippen molar-refractivity contribution in [2.75, 3.05) is 26.8 Å². The minimum atomic E-state index is -0.192. The first-order valence-electron chi connectivity index (χ1n) is 10.3. The number of hydrogen-bond donors (Lipinski definition) is 2. The number of fused-ring (bicyclic) bond motifs is 1. The average Bonchev–Trinajstić information content (AvgIpc) is 3.22. The number of nitrogens with zero attached hydrogens (tertiary/aromatic N) is 2. The Bertz CT molecular complexity index is 1040. The van der Waals surface area contributed by atoms with E-state index >= 15 is 0 Å². The number of ether oxygens (including phenoxy) is 1. The predicted octanol–water partition coefficient (Wildman–Crippen LogP) is 3.37. The molecular weight excluding hydrogens is 383 g/mol. The summed E-state index contributed by atoms with van der Waals surface area (Å²) in [4.78, 5) is 22.5. The van der Waals surface area contributed by atoms with Gasteiger partial charge in [-0.1, -0.05) is 12.1 Å². The number of amides is 1. The van der Waals surface area contributed by atoms with Crippen LogP contribution >= 0.6 is 0 Å². The van der Waals surface area contributed by atoms with Gasteiger partial charge in [-0.05, 0) is 60.1 Å². The van der Waals surface area contributed by atoms with Crippen molar-refractivity contribution in [3.8, 4) is 0 Å². The van der Waals surface area contributed by atoms with Gasteiger partial charge < -0.3 is 20.4 Å². The molecule has 6 nitrogen and oxygen atoms in total. The van der Waals surface area contributed by atoms with Gasteiger partial charge in [0.2, 0.25) is 0 Å². The highest BCUT2D eigenvalue weighted by Gasteiger charge is 2.27. The molecule has 1 saturated heterocycles. The first-order chi connectivity index (χ1) is 14.6. The molecule has 3 N–H and O–H groups in total. The Kier molecular flexibility index (Phi) is 6.11. The van der Waals surface area contributed by atoms with Crippen molar-refractivity contribution in [3.05, 3.63) is 64.7 Å². The summed E-state index contributed by atoms with van der Waals surface area (Å²) >= 11 is 0. The molecular formula is C23H27FN4O2. The number of halogens is 1. The van der Waals surface area contributed by atoms with Crippen LogP contribution in [-0.4, -0.2) is 47.6 Å². The van der Waals surface area contributed by atoms with Crippen LogP contribution in [0.25, 0.3) is 11.0 Å². The molecule has 0 aliphatic carbocycles. The molecule has 30 heavy (non-hydrogen) atoms. The predicted molar refractivity (Wildman–Crippen MR) is 114 cm³/mol. The molecule has 158 valence electrons. The number of methoxy groups -OCH3 is 1. The zero-order chi connectivity index (χ0) is 21.1. The number of nitrogens with one attached hydrogen (secondary N) is 1. The number of pyridine rings is 1. The zero-order valence-electron chi connectivity index (χ0n) is 17.2. The summed E-state index contributed by atoms with van der Waals surface area (Å²) in [5.74, 6) is -0.131. The molecule has 0 unspecified atom stereocenters. The van der Waals surface area contributed by atoms with Gasteiger partial charge in [0.1, 0.15) is 11.5 Å². The molecule has 0 atom stereocenters. The highest BCUT2D eigenvalue weighted by Crippen LogP contribution is 2.31. The van der Waals surface area contributed by atoms with E-state index in [2.05, 4.69) is 9.97 Å². The molecule has 1 fully saturated rings. The molecule has 0 bridgehead atoms. The molecule has 1 amide bonds. The normalized spacial score (nSPS) is 15.1. The summed E-state index contributed by atoms with van der Waals surface area (Å²) in [6.45, 7) is 2.19. The summed E-state index contributed by atoms with van der Waals surface area (Å²) in [7, 11) is 1.67. The van der Waals surface area contributed by atoms with E-state index in [9.17, 15) is 9.18 Å². The standard InChI is InChI=1S/C23H27FN4O2/c1-30-11-7-17-4-8-26-20-13-21(27-22(17)20)23(29)28-9-5-16(6-10-28)18-12-15(14-25)2-3-19(18)24/h2-4,8,12-13,16,27H,5-7,9-11,14,25H2,1H3. The number of benzene rings is 1. The van der Waals surface area contributed by atoms with E-state index in [0.29, 0.717) is 37.5 Å². The lowest BCUT2D eigenvalue weighted by atomic mass is 9.88. The Hall–Kier alpha value is -2.77. The Morgan fingerprint density at radius 1 is 1.30 bits per heavy atom. The average molecular weight is 410 g/mol. The second-order valence-electron chi connectivity index (χ2n) is 7.78. The lowest BCUT2D eigenvalue weighted by Crippen LogP contribution is -2.38. The van der Waals surface area contributed by atoms with Gasteiger partial charge in [-0.25, -0.2) is 4.39 Å². The number of aromatic nitrogens is 2. The number of carbonyl (C=O) groups is 1. The minimum Gasteiger partial charge on any atom is -0.384 e. The van der Waals surface area contributed by atoms with Gasteiger partial charge in [0, 0.05) is 32.9 Å². The molecule has 4 rings (SSSR count). The third-order valence-electron chi connectivity index (χ3n) is 5.93. The molecule has 1 aliphatic rings. The smallest absolute Gasteiger partial charge is 0.270 e. The highest BCUT2D eigenvalue weighted by atomic mass is 19.1. The van der Waals surface area contributed by atoms with E-state index in [1.54, 1.807) is 19.4 Å². The molecule has 1 aliphatic heterocycles. The second kappa shape index (κ2) is 8.93. The number of H-pyrrole nitrogens is 1. The molecule has 0 spiro atoms. The first kappa shape index (κ1) is 20.5. The Balaban J connectivity index is 1.47. The van der Waals surface area contributed by atoms with Crippen LogP contribution in [-0.2, 0) is 17.7 Å². The minimum absolute atomic E-state index is 0.0414. The summed E-state index contributed by atoms with van der Waals surface area (Å²) in [6.07, 6.45) is 3.97.